The Hall–Kier alpha value is -1.40. The number of carbonyl (C=O) groups is 2. The summed E-state index contributed by atoms with van der Waals surface area (Å²) in [4.78, 5) is 25.9. The minimum Gasteiger partial charge on any atom is -0.366 e. The van der Waals surface area contributed by atoms with Crippen molar-refractivity contribution in [2.75, 3.05) is 13.1 Å². The number of carbonyl (C=O) groups excluding carboxylic acids is 2. The molecule has 2 heterocycles. The first-order valence-electron chi connectivity index (χ1n) is 6.44. The summed E-state index contributed by atoms with van der Waals surface area (Å²) in [5.74, 6) is -0.129. The molecule has 5 nitrogen and oxygen atoms in total. The van der Waals surface area contributed by atoms with E-state index in [1.165, 1.54) is 11.3 Å². The maximum Gasteiger partial charge on any atom is 0.264 e. The van der Waals surface area contributed by atoms with Gasteiger partial charge in [-0.05, 0) is 24.8 Å². The van der Waals surface area contributed by atoms with Gasteiger partial charge in [-0.2, -0.15) is 0 Å². The molecule has 6 heteroatoms. The first-order valence-corrected chi connectivity index (χ1v) is 7.32. The Kier molecular flexibility index (Phi) is 4.21. The summed E-state index contributed by atoms with van der Waals surface area (Å²) in [7, 11) is 0. The quantitative estimate of drug-likeness (QED) is 0.867. The third-order valence-corrected chi connectivity index (χ3v) is 4.63. The topological polar surface area (TPSA) is 89.4 Å². The van der Waals surface area contributed by atoms with E-state index in [1.54, 1.807) is 11.4 Å². The number of thiophene rings is 1. The molecule has 4 N–H and O–H groups in total. The number of piperidine rings is 1. The van der Waals surface area contributed by atoms with Crippen molar-refractivity contribution in [3.63, 3.8) is 0 Å². The lowest BCUT2D eigenvalue weighted by atomic mass is 9.90. The van der Waals surface area contributed by atoms with E-state index in [0.29, 0.717) is 22.9 Å². The van der Waals surface area contributed by atoms with Gasteiger partial charge in [0.25, 0.3) is 5.91 Å². The second kappa shape index (κ2) is 5.71. The minimum atomic E-state index is -0.502. The molecule has 1 aromatic rings. The molecule has 2 rings (SSSR count). The summed E-state index contributed by atoms with van der Waals surface area (Å²) in [5.41, 5.74) is 11.4. The van der Waals surface area contributed by atoms with E-state index < -0.39 is 5.91 Å². The Morgan fingerprint density at radius 3 is 2.84 bits per heavy atom. The Morgan fingerprint density at radius 2 is 2.26 bits per heavy atom. The summed E-state index contributed by atoms with van der Waals surface area (Å²) < 4.78 is 0. The Morgan fingerprint density at radius 1 is 1.53 bits per heavy atom. The average molecular weight is 281 g/mol. The van der Waals surface area contributed by atoms with Gasteiger partial charge in [-0.1, -0.05) is 6.92 Å². The number of amides is 2. The van der Waals surface area contributed by atoms with Crippen LogP contribution in [-0.4, -0.2) is 35.8 Å². The molecule has 1 saturated heterocycles. The highest BCUT2D eigenvalue weighted by Gasteiger charge is 2.31. The highest BCUT2D eigenvalue weighted by atomic mass is 32.1. The maximum atomic E-state index is 12.5. The van der Waals surface area contributed by atoms with Crippen molar-refractivity contribution >= 4 is 23.2 Å². The number of likely N-dealkylation sites (tertiary alicyclic amines) is 1. The number of rotatable bonds is 3. The van der Waals surface area contributed by atoms with E-state index in [0.717, 1.165) is 19.4 Å². The van der Waals surface area contributed by atoms with Gasteiger partial charge in [0.1, 0.15) is 0 Å². The molecule has 19 heavy (non-hydrogen) atoms. The number of nitrogens with two attached hydrogens (primary N) is 2. The van der Waals surface area contributed by atoms with Crippen LogP contribution in [0.5, 0.6) is 0 Å². The summed E-state index contributed by atoms with van der Waals surface area (Å²) in [6.45, 7) is 3.33. The van der Waals surface area contributed by atoms with Crippen LogP contribution in [0.25, 0.3) is 0 Å². The predicted octanol–water partition coefficient (Wildman–Crippen LogP) is 1.05. The van der Waals surface area contributed by atoms with Crippen LogP contribution in [0, 0.1) is 5.92 Å². The van der Waals surface area contributed by atoms with Crippen molar-refractivity contribution in [2.45, 2.75) is 25.8 Å². The first kappa shape index (κ1) is 14.0. The number of nitrogens with zero attached hydrogens (tertiary/aromatic N) is 1. The number of primary amides is 1. The van der Waals surface area contributed by atoms with E-state index in [2.05, 4.69) is 6.92 Å². The fraction of sp³-hybridized carbons (Fsp3) is 0.538. The van der Waals surface area contributed by atoms with E-state index in [-0.39, 0.29) is 11.9 Å². The third kappa shape index (κ3) is 2.79. The second-order valence-electron chi connectivity index (χ2n) is 4.98. The van der Waals surface area contributed by atoms with Crippen molar-refractivity contribution in [2.24, 2.45) is 17.4 Å². The van der Waals surface area contributed by atoms with Crippen LogP contribution in [0.1, 0.15) is 39.8 Å². The van der Waals surface area contributed by atoms with Crippen molar-refractivity contribution < 1.29 is 9.59 Å². The molecule has 0 saturated carbocycles. The van der Waals surface area contributed by atoms with E-state index in [9.17, 15) is 9.59 Å². The van der Waals surface area contributed by atoms with Crippen LogP contribution in [-0.2, 0) is 0 Å². The highest BCUT2D eigenvalue weighted by molar-refractivity contribution is 7.12. The summed E-state index contributed by atoms with van der Waals surface area (Å²) >= 11 is 1.26. The first-order chi connectivity index (χ1) is 9.04. The molecule has 1 aliphatic heterocycles. The van der Waals surface area contributed by atoms with Crippen LogP contribution < -0.4 is 11.5 Å². The Labute approximate surface area is 116 Å². The van der Waals surface area contributed by atoms with Crippen molar-refractivity contribution in [1.82, 2.24) is 4.90 Å². The molecule has 1 fully saturated rings. The lowest BCUT2D eigenvalue weighted by Crippen LogP contribution is -2.51. The Bertz CT molecular complexity index is 486. The van der Waals surface area contributed by atoms with Gasteiger partial charge in [-0.15, -0.1) is 11.3 Å². The molecule has 2 unspecified atom stereocenters. The molecule has 1 aromatic heterocycles. The molecule has 0 spiro atoms. The molecule has 0 aliphatic carbocycles. The van der Waals surface area contributed by atoms with E-state index in [4.69, 9.17) is 11.5 Å². The van der Waals surface area contributed by atoms with Gasteiger partial charge < -0.3 is 16.4 Å². The minimum absolute atomic E-state index is 0.0421. The monoisotopic (exact) mass is 281 g/mol. The van der Waals surface area contributed by atoms with Gasteiger partial charge in [-0.25, -0.2) is 0 Å². The normalized spacial score (nSPS) is 23.4. The predicted molar refractivity (Wildman–Crippen MR) is 75.1 cm³/mol. The largest absolute Gasteiger partial charge is 0.366 e. The summed E-state index contributed by atoms with van der Waals surface area (Å²) in [6, 6.07) is 1.66. The smallest absolute Gasteiger partial charge is 0.264 e. The molecule has 0 radical (unpaired) electrons. The zero-order valence-corrected chi connectivity index (χ0v) is 11.8. The molecule has 2 atom stereocenters. The lowest BCUT2D eigenvalue weighted by molar-refractivity contribution is 0.0537. The number of hydrogen-bond acceptors (Lipinski definition) is 4. The van der Waals surface area contributed by atoms with E-state index in [1.807, 2.05) is 4.90 Å². The van der Waals surface area contributed by atoms with Crippen LogP contribution in [0.15, 0.2) is 11.4 Å². The molecule has 0 bridgehead atoms. The highest BCUT2D eigenvalue weighted by Crippen LogP contribution is 2.26. The molecule has 104 valence electrons. The maximum absolute atomic E-state index is 12.5. The molecule has 2 amide bonds. The lowest BCUT2D eigenvalue weighted by Gasteiger charge is -2.39. The van der Waals surface area contributed by atoms with Gasteiger partial charge in [-0.3, -0.25) is 9.59 Å². The second-order valence-corrected chi connectivity index (χ2v) is 5.90. The van der Waals surface area contributed by atoms with Gasteiger partial charge in [0, 0.05) is 24.5 Å². The summed E-state index contributed by atoms with van der Waals surface area (Å²) in [6.07, 6.45) is 2.10. The molecular formula is C13H19N3O2S. The molecule has 0 aromatic carbocycles. The molecule has 1 aliphatic rings. The number of hydrogen-bond donors (Lipinski definition) is 2. The zero-order chi connectivity index (χ0) is 14.0. The van der Waals surface area contributed by atoms with Crippen LogP contribution in [0.2, 0.25) is 0 Å². The molecular weight excluding hydrogens is 262 g/mol. The third-order valence-electron chi connectivity index (χ3n) is 3.71. The van der Waals surface area contributed by atoms with Gasteiger partial charge in [0.2, 0.25) is 5.91 Å². The standard InChI is InChI=1S/C13H19N3O2S/c1-8-3-2-4-16(10(8)6-14)13(18)11-5-9(7-19-11)12(15)17/h5,7-8,10H,2-4,6,14H2,1H3,(H2,15,17). The van der Waals surface area contributed by atoms with Crippen molar-refractivity contribution in [3.05, 3.63) is 21.9 Å². The Balaban J connectivity index is 2.19. The SMILES string of the molecule is CC1CCCN(C(=O)c2cc(C(N)=O)cs2)C1CN. The van der Waals surface area contributed by atoms with Gasteiger partial charge in [0.05, 0.1) is 10.4 Å². The van der Waals surface area contributed by atoms with Crippen LogP contribution in [0.3, 0.4) is 0 Å². The zero-order valence-electron chi connectivity index (χ0n) is 11.0. The average Bonchev–Trinajstić information content (AvgIpc) is 2.87. The summed E-state index contributed by atoms with van der Waals surface area (Å²) in [5, 5.41) is 1.63. The fourth-order valence-corrected chi connectivity index (χ4v) is 3.43. The van der Waals surface area contributed by atoms with Crippen molar-refractivity contribution in [1.29, 1.82) is 0 Å². The van der Waals surface area contributed by atoms with Crippen LogP contribution in [0.4, 0.5) is 0 Å². The van der Waals surface area contributed by atoms with E-state index >= 15 is 0 Å². The van der Waals surface area contributed by atoms with Crippen LogP contribution >= 0.6 is 11.3 Å². The van der Waals surface area contributed by atoms with Crippen molar-refractivity contribution in [3.8, 4) is 0 Å². The van der Waals surface area contributed by atoms with Gasteiger partial charge >= 0.3 is 0 Å². The van der Waals surface area contributed by atoms with Gasteiger partial charge in [0.15, 0.2) is 0 Å². The fourth-order valence-electron chi connectivity index (χ4n) is 2.58.